The van der Waals surface area contributed by atoms with Crippen molar-refractivity contribution in [3.63, 3.8) is 0 Å². The van der Waals surface area contributed by atoms with Crippen molar-refractivity contribution in [2.24, 2.45) is 0 Å². The van der Waals surface area contributed by atoms with Crippen molar-refractivity contribution in [3.05, 3.63) is 52.6 Å². The average Bonchev–Trinajstić information content (AvgIpc) is 2.55. The van der Waals surface area contributed by atoms with Gasteiger partial charge >= 0.3 is 0 Å². The van der Waals surface area contributed by atoms with Crippen LogP contribution in [-0.4, -0.2) is 18.2 Å². The van der Waals surface area contributed by atoms with Crippen LogP contribution >= 0.6 is 0 Å². The number of carbonyl (C=O) groups excluding carboxylic acids is 2. The van der Waals surface area contributed by atoms with Crippen molar-refractivity contribution in [3.8, 4) is 5.75 Å². The minimum atomic E-state index is -0.291. The largest absolute Gasteiger partial charge is 0.491 e. The highest BCUT2D eigenvalue weighted by atomic mass is 16.5. The molecule has 23 heavy (non-hydrogen) atoms. The summed E-state index contributed by atoms with van der Waals surface area (Å²) in [6, 6.07) is 8.22. The molecule has 3 rings (SSSR count). The van der Waals surface area contributed by atoms with E-state index >= 15 is 0 Å². The van der Waals surface area contributed by atoms with E-state index in [-0.39, 0.29) is 34.1 Å². The first-order valence-corrected chi connectivity index (χ1v) is 7.59. The molecule has 0 aromatic heterocycles. The van der Waals surface area contributed by atoms with Gasteiger partial charge in [-0.2, -0.15) is 0 Å². The Labute approximate surface area is 134 Å². The van der Waals surface area contributed by atoms with E-state index in [4.69, 9.17) is 16.2 Å². The predicted octanol–water partition coefficient (Wildman–Crippen LogP) is 2.81. The van der Waals surface area contributed by atoms with Gasteiger partial charge in [-0.25, -0.2) is 0 Å². The summed E-state index contributed by atoms with van der Waals surface area (Å²) in [5.74, 6) is -0.213. The van der Waals surface area contributed by atoms with E-state index in [0.717, 1.165) is 12.8 Å². The predicted molar refractivity (Wildman–Crippen MR) is 89.0 cm³/mol. The first-order valence-electron chi connectivity index (χ1n) is 7.59. The van der Waals surface area contributed by atoms with Gasteiger partial charge in [0.1, 0.15) is 5.75 Å². The quantitative estimate of drug-likeness (QED) is 0.570. The number of hydrogen-bond acceptors (Lipinski definition) is 5. The van der Waals surface area contributed by atoms with Crippen molar-refractivity contribution in [2.45, 2.75) is 19.8 Å². The molecule has 0 heterocycles. The molecule has 2 aromatic rings. The summed E-state index contributed by atoms with van der Waals surface area (Å²) in [6.07, 6.45) is 1.84. The third kappa shape index (κ3) is 2.34. The molecular weight excluding hydrogens is 292 g/mol. The number of rotatable bonds is 4. The maximum Gasteiger partial charge on any atom is 0.196 e. The molecule has 0 amide bonds. The second kappa shape index (κ2) is 5.76. The van der Waals surface area contributed by atoms with Crippen LogP contribution in [0.4, 0.5) is 11.4 Å². The number of carbonyl (C=O) groups is 2. The van der Waals surface area contributed by atoms with Gasteiger partial charge in [0, 0.05) is 22.9 Å². The van der Waals surface area contributed by atoms with Crippen LogP contribution in [0, 0.1) is 0 Å². The minimum absolute atomic E-state index is 0.153. The van der Waals surface area contributed by atoms with Gasteiger partial charge in [-0.15, -0.1) is 0 Å². The van der Waals surface area contributed by atoms with Crippen LogP contribution < -0.4 is 16.2 Å². The summed E-state index contributed by atoms with van der Waals surface area (Å²) < 4.78 is 5.63. The summed E-state index contributed by atoms with van der Waals surface area (Å²) in [7, 11) is 0. The van der Waals surface area contributed by atoms with Crippen LogP contribution in [0.3, 0.4) is 0 Å². The molecule has 1 aliphatic rings. The molecule has 0 saturated carbocycles. The fraction of sp³-hybridized carbons (Fsp3) is 0.222. The second-order valence-electron chi connectivity index (χ2n) is 5.53. The highest BCUT2D eigenvalue weighted by Gasteiger charge is 2.34. The zero-order chi connectivity index (χ0) is 16.6. The molecule has 0 aliphatic heterocycles. The van der Waals surface area contributed by atoms with E-state index in [2.05, 4.69) is 0 Å². The van der Waals surface area contributed by atoms with Gasteiger partial charge < -0.3 is 16.2 Å². The van der Waals surface area contributed by atoms with Gasteiger partial charge in [0.05, 0.1) is 23.4 Å². The fourth-order valence-electron chi connectivity index (χ4n) is 2.77. The topological polar surface area (TPSA) is 95.4 Å². The molecular formula is C18H18N2O3. The number of fused-ring (bicyclic) bond motifs is 2. The number of benzene rings is 2. The Bertz CT molecular complexity index is 812. The van der Waals surface area contributed by atoms with E-state index in [1.165, 1.54) is 6.07 Å². The molecule has 0 unspecified atom stereocenters. The lowest BCUT2D eigenvalue weighted by Gasteiger charge is -2.22. The van der Waals surface area contributed by atoms with Gasteiger partial charge in [0.25, 0.3) is 0 Å². The summed E-state index contributed by atoms with van der Waals surface area (Å²) in [6.45, 7) is 2.53. The summed E-state index contributed by atoms with van der Waals surface area (Å²) in [4.78, 5) is 25.4. The normalized spacial score (nSPS) is 12.7. The lowest BCUT2D eigenvalue weighted by Crippen LogP contribution is -2.24. The number of anilines is 2. The highest BCUT2D eigenvalue weighted by molar-refractivity contribution is 6.32. The Hall–Kier alpha value is -2.82. The van der Waals surface area contributed by atoms with Crippen LogP contribution in [0.2, 0.25) is 0 Å². The van der Waals surface area contributed by atoms with E-state index in [1.807, 2.05) is 6.92 Å². The van der Waals surface area contributed by atoms with Crippen LogP contribution in [0.25, 0.3) is 0 Å². The van der Waals surface area contributed by atoms with E-state index < -0.39 is 0 Å². The number of ether oxygens (including phenoxy) is 1. The van der Waals surface area contributed by atoms with Crippen LogP contribution in [0.1, 0.15) is 51.6 Å². The van der Waals surface area contributed by atoms with Gasteiger partial charge in [-0.3, -0.25) is 9.59 Å². The number of hydrogen-bond donors (Lipinski definition) is 2. The first-order chi connectivity index (χ1) is 11.1. The van der Waals surface area contributed by atoms with E-state index in [9.17, 15) is 9.59 Å². The molecule has 0 spiro atoms. The van der Waals surface area contributed by atoms with Crippen LogP contribution in [-0.2, 0) is 0 Å². The van der Waals surface area contributed by atoms with E-state index in [0.29, 0.717) is 23.5 Å². The lowest BCUT2D eigenvalue weighted by atomic mass is 9.82. The number of nitrogen functional groups attached to an aromatic ring is 2. The smallest absolute Gasteiger partial charge is 0.196 e. The van der Waals surface area contributed by atoms with Crippen molar-refractivity contribution in [2.75, 3.05) is 18.1 Å². The van der Waals surface area contributed by atoms with Crippen molar-refractivity contribution in [1.29, 1.82) is 0 Å². The first kappa shape index (κ1) is 15.1. The SMILES string of the molecule is CCCCOc1cc(N)c2c(c1N)C(=O)c1ccccc1C2=O. The lowest BCUT2D eigenvalue weighted by molar-refractivity contribution is 0.0980. The molecule has 0 radical (unpaired) electrons. The molecule has 5 heteroatoms. The van der Waals surface area contributed by atoms with Gasteiger partial charge in [0.2, 0.25) is 0 Å². The third-order valence-electron chi connectivity index (χ3n) is 3.99. The van der Waals surface area contributed by atoms with Crippen molar-refractivity contribution >= 4 is 22.9 Å². The van der Waals surface area contributed by atoms with E-state index in [1.54, 1.807) is 24.3 Å². The summed E-state index contributed by atoms with van der Waals surface area (Å²) in [5.41, 5.74) is 13.6. The average molecular weight is 310 g/mol. The van der Waals surface area contributed by atoms with Gasteiger partial charge in [-0.1, -0.05) is 37.6 Å². The zero-order valence-corrected chi connectivity index (χ0v) is 12.9. The number of unbranched alkanes of at least 4 members (excludes halogenated alkanes) is 1. The Balaban J connectivity index is 2.15. The van der Waals surface area contributed by atoms with Crippen LogP contribution in [0.15, 0.2) is 30.3 Å². The minimum Gasteiger partial charge on any atom is -0.491 e. The summed E-state index contributed by atoms with van der Waals surface area (Å²) >= 11 is 0. The van der Waals surface area contributed by atoms with Gasteiger partial charge in [-0.05, 0) is 6.42 Å². The third-order valence-corrected chi connectivity index (χ3v) is 3.99. The highest BCUT2D eigenvalue weighted by Crippen LogP contribution is 2.39. The maximum absolute atomic E-state index is 12.8. The standard InChI is InChI=1S/C18H18N2O3/c1-2-3-8-23-13-9-12(19)14-15(16(13)20)18(22)11-7-5-4-6-10(11)17(14)21/h4-7,9H,2-3,8,19-20H2,1H3. The fourth-order valence-corrected chi connectivity index (χ4v) is 2.77. The molecule has 4 N–H and O–H groups in total. The summed E-state index contributed by atoms with van der Waals surface area (Å²) in [5, 5.41) is 0. The number of ketones is 2. The number of nitrogens with two attached hydrogens (primary N) is 2. The Morgan fingerprint density at radius 3 is 2.22 bits per heavy atom. The molecule has 5 nitrogen and oxygen atoms in total. The van der Waals surface area contributed by atoms with Crippen LogP contribution in [0.5, 0.6) is 5.75 Å². The molecule has 1 aliphatic carbocycles. The molecule has 0 saturated heterocycles. The Morgan fingerprint density at radius 2 is 1.61 bits per heavy atom. The molecule has 2 aromatic carbocycles. The maximum atomic E-state index is 12.8. The molecule has 118 valence electrons. The molecule has 0 atom stereocenters. The van der Waals surface area contributed by atoms with Crippen molar-refractivity contribution < 1.29 is 14.3 Å². The Kier molecular flexibility index (Phi) is 3.78. The molecule has 0 bridgehead atoms. The monoisotopic (exact) mass is 310 g/mol. The second-order valence-corrected chi connectivity index (χ2v) is 5.53. The van der Waals surface area contributed by atoms with Crippen molar-refractivity contribution in [1.82, 2.24) is 0 Å². The zero-order valence-electron chi connectivity index (χ0n) is 12.9. The van der Waals surface area contributed by atoms with Gasteiger partial charge in [0.15, 0.2) is 11.6 Å². The Morgan fingerprint density at radius 1 is 1.00 bits per heavy atom. The molecule has 0 fully saturated rings.